The monoisotopic (exact) mass is 351 g/mol. The quantitative estimate of drug-likeness (QED) is 0.832. The van der Waals surface area contributed by atoms with Gasteiger partial charge in [0.05, 0.1) is 31.0 Å². The highest BCUT2D eigenvalue weighted by atomic mass is 35.5. The number of rotatable bonds is 7. The van der Waals surface area contributed by atoms with Gasteiger partial charge in [-0.25, -0.2) is 0 Å². The summed E-state index contributed by atoms with van der Waals surface area (Å²) in [5, 5.41) is 7.80. The molecule has 1 aromatic heterocycles. The number of nitrogens with one attached hydrogen (secondary N) is 1. The van der Waals surface area contributed by atoms with Crippen LogP contribution in [0.2, 0.25) is 5.02 Å². The molecule has 24 heavy (non-hydrogen) atoms. The second-order valence-corrected chi connectivity index (χ2v) is 5.88. The van der Waals surface area contributed by atoms with Gasteiger partial charge in [-0.15, -0.1) is 0 Å². The third-order valence-electron chi connectivity index (χ3n) is 3.74. The summed E-state index contributed by atoms with van der Waals surface area (Å²) in [6.07, 6.45) is 2.03. The van der Waals surface area contributed by atoms with Crippen LogP contribution in [-0.2, 0) is 11.3 Å². The lowest BCUT2D eigenvalue weighted by molar-refractivity contribution is -0.122. The maximum atomic E-state index is 12.2. The van der Waals surface area contributed by atoms with Crippen molar-refractivity contribution in [2.24, 2.45) is 0 Å². The van der Waals surface area contributed by atoms with Crippen LogP contribution >= 0.6 is 11.6 Å². The number of nitrogens with zero attached hydrogens (tertiary/aromatic N) is 2. The fourth-order valence-electron chi connectivity index (χ4n) is 2.39. The van der Waals surface area contributed by atoms with Crippen LogP contribution in [0.25, 0.3) is 0 Å². The van der Waals surface area contributed by atoms with Crippen molar-refractivity contribution < 1.29 is 14.3 Å². The molecular formula is C17H22ClN3O3. The first-order valence-electron chi connectivity index (χ1n) is 7.65. The van der Waals surface area contributed by atoms with Crippen LogP contribution in [0.1, 0.15) is 30.6 Å². The zero-order valence-corrected chi connectivity index (χ0v) is 15.1. The van der Waals surface area contributed by atoms with E-state index in [-0.39, 0.29) is 11.9 Å². The molecule has 0 aliphatic heterocycles. The molecule has 1 amide bonds. The van der Waals surface area contributed by atoms with Gasteiger partial charge in [-0.1, -0.05) is 11.6 Å². The number of benzene rings is 1. The Kier molecular flexibility index (Phi) is 6.09. The smallest absolute Gasteiger partial charge is 0.222 e. The molecule has 0 spiro atoms. The van der Waals surface area contributed by atoms with Gasteiger partial charge in [0.2, 0.25) is 5.91 Å². The topological polar surface area (TPSA) is 65.4 Å². The van der Waals surface area contributed by atoms with Crippen LogP contribution in [0, 0.1) is 6.92 Å². The van der Waals surface area contributed by atoms with Crippen molar-refractivity contribution >= 4 is 17.5 Å². The van der Waals surface area contributed by atoms with Crippen LogP contribution < -0.4 is 14.8 Å². The number of ether oxygens (including phenoxy) is 2. The summed E-state index contributed by atoms with van der Waals surface area (Å²) in [5.74, 6) is 1.35. The highest BCUT2D eigenvalue weighted by Crippen LogP contribution is 2.29. The molecule has 1 aromatic carbocycles. The molecule has 2 rings (SSSR count). The first-order valence-corrected chi connectivity index (χ1v) is 8.03. The van der Waals surface area contributed by atoms with E-state index in [1.165, 1.54) is 0 Å². The van der Waals surface area contributed by atoms with Gasteiger partial charge >= 0.3 is 0 Å². The number of aromatic nitrogens is 2. The third kappa shape index (κ3) is 4.41. The van der Waals surface area contributed by atoms with Gasteiger partial charge in [0.1, 0.15) is 11.5 Å². The van der Waals surface area contributed by atoms with Gasteiger partial charge in [-0.2, -0.15) is 5.10 Å². The SMILES string of the molecule is COc1ccc(OC)c(C(C)NC(=O)CCn2cc(Cl)c(C)n2)c1. The lowest BCUT2D eigenvalue weighted by Gasteiger charge is -2.18. The van der Waals surface area contributed by atoms with E-state index < -0.39 is 0 Å². The Balaban J connectivity index is 1.98. The summed E-state index contributed by atoms with van der Waals surface area (Å²) < 4.78 is 12.3. The molecular weight excluding hydrogens is 330 g/mol. The molecule has 1 atom stereocenters. The summed E-state index contributed by atoms with van der Waals surface area (Å²) in [7, 11) is 3.20. The van der Waals surface area contributed by atoms with E-state index in [0.717, 1.165) is 11.3 Å². The number of methoxy groups -OCH3 is 2. The lowest BCUT2D eigenvalue weighted by Crippen LogP contribution is -2.27. The number of carbonyl (C=O) groups excluding carboxylic acids is 1. The predicted octanol–water partition coefficient (Wildman–Crippen LogP) is 3.13. The van der Waals surface area contributed by atoms with Gasteiger partial charge in [0, 0.05) is 24.7 Å². The summed E-state index contributed by atoms with van der Waals surface area (Å²) in [4.78, 5) is 12.2. The van der Waals surface area contributed by atoms with Gasteiger partial charge in [0.15, 0.2) is 0 Å². The molecule has 0 radical (unpaired) electrons. The van der Waals surface area contributed by atoms with Crippen molar-refractivity contribution in [2.75, 3.05) is 14.2 Å². The zero-order chi connectivity index (χ0) is 17.7. The van der Waals surface area contributed by atoms with Gasteiger partial charge in [0.25, 0.3) is 0 Å². The largest absolute Gasteiger partial charge is 0.497 e. The minimum absolute atomic E-state index is 0.0725. The molecule has 1 N–H and O–H groups in total. The molecule has 0 bridgehead atoms. The van der Waals surface area contributed by atoms with E-state index in [0.29, 0.717) is 29.5 Å². The number of aryl methyl sites for hydroxylation is 2. The normalized spacial score (nSPS) is 11.9. The molecule has 1 unspecified atom stereocenters. The Morgan fingerprint density at radius 3 is 2.71 bits per heavy atom. The molecule has 7 heteroatoms. The first-order chi connectivity index (χ1) is 11.4. The summed E-state index contributed by atoms with van der Waals surface area (Å²) >= 11 is 5.96. The minimum atomic E-state index is -0.203. The maximum Gasteiger partial charge on any atom is 0.222 e. The number of carbonyl (C=O) groups is 1. The molecule has 0 saturated heterocycles. The summed E-state index contributed by atoms with van der Waals surface area (Å²) in [6, 6.07) is 5.30. The Bertz CT molecular complexity index is 696. The van der Waals surface area contributed by atoms with Crippen molar-refractivity contribution in [2.45, 2.75) is 32.9 Å². The molecule has 0 aliphatic rings. The van der Waals surface area contributed by atoms with Crippen molar-refractivity contribution in [1.29, 1.82) is 0 Å². The minimum Gasteiger partial charge on any atom is -0.497 e. The molecule has 6 nitrogen and oxygen atoms in total. The van der Waals surface area contributed by atoms with E-state index in [1.807, 2.05) is 32.0 Å². The number of halogens is 1. The Morgan fingerprint density at radius 2 is 2.12 bits per heavy atom. The predicted molar refractivity (Wildman–Crippen MR) is 92.7 cm³/mol. The highest BCUT2D eigenvalue weighted by molar-refractivity contribution is 6.31. The number of hydrogen-bond acceptors (Lipinski definition) is 4. The van der Waals surface area contributed by atoms with Crippen molar-refractivity contribution in [3.63, 3.8) is 0 Å². The molecule has 0 fully saturated rings. The zero-order valence-electron chi connectivity index (χ0n) is 14.3. The van der Waals surface area contributed by atoms with E-state index in [1.54, 1.807) is 25.1 Å². The number of amides is 1. The van der Waals surface area contributed by atoms with Gasteiger partial charge < -0.3 is 14.8 Å². The molecule has 130 valence electrons. The van der Waals surface area contributed by atoms with E-state index in [9.17, 15) is 4.79 Å². The Hall–Kier alpha value is -2.21. The first kappa shape index (κ1) is 18.1. The van der Waals surface area contributed by atoms with Gasteiger partial charge in [-0.3, -0.25) is 9.48 Å². The fourth-order valence-corrected chi connectivity index (χ4v) is 2.54. The van der Waals surface area contributed by atoms with Crippen molar-refractivity contribution in [3.8, 4) is 11.5 Å². The van der Waals surface area contributed by atoms with Crippen LogP contribution in [0.3, 0.4) is 0 Å². The maximum absolute atomic E-state index is 12.2. The highest BCUT2D eigenvalue weighted by Gasteiger charge is 2.15. The van der Waals surface area contributed by atoms with E-state index in [4.69, 9.17) is 21.1 Å². The van der Waals surface area contributed by atoms with Crippen LogP contribution in [0.15, 0.2) is 24.4 Å². The van der Waals surface area contributed by atoms with E-state index >= 15 is 0 Å². The van der Waals surface area contributed by atoms with Crippen LogP contribution in [0.5, 0.6) is 11.5 Å². The average molecular weight is 352 g/mol. The molecule has 0 aliphatic carbocycles. The summed E-state index contributed by atoms with van der Waals surface area (Å²) in [6.45, 7) is 4.21. The van der Waals surface area contributed by atoms with Crippen molar-refractivity contribution in [3.05, 3.63) is 40.7 Å². The van der Waals surface area contributed by atoms with Gasteiger partial charge in [-0.05, 0) is 32.0 Å². The Labute approximate surface area is 146 Å². The fraction of sp³-hybridized carbons (Fsp3) is 0.412. The standard InChI is InChI=1S/C17H22ClN3O3/c1-11(14-9-13(23-3)5-6-16(14)24-4)19-17(22)7-8-21-10-15(18)12(2)20-21/h5-6,9-11H,7-8H2,1-4H3,(H,19,22). The van der Waals surface area contributed by atoms with Crippen LogP contribution in [-0.4, -0.2) is 29.9 Å². The molecule has 0 saturated carbocycles. The Morgan fingerprint density at radius 1 is 1.38 bits per heavy atom. The molecule has 1 heterocycles. The second-order valence-electron chi connectivity index (χ2n) is 5.47. The second kappa shape index (κ2) is 8.06. The van der Waals surface area contributed by atoms with Crippen LogP contribution in [0.4, 0.5) is 0 Å². The average Bonchev–Trinajstić information content (AvgIpc) is 2.90. The van der Waals surface area contributed by atoms with Crippen molar-refractivity contribution in [1.82, 2.24) is 15.1 Å². The third-order valence-corrected chi connectivity index (χ3v) is 4.11. The summed E-state index contributed by atoms with van der Waals surface area (Å²) in [5.41, 5.74) is 1.62. The van der Waals surface area contributed by atoms with E-state index in [2.05, 4.69) is 10.4 Å². The lowest BCUT2D eigenvalue weighted by atomic mass is 10.1. The molecule has 2 aromatic rings. The number of hydrogen-bond donors (Lipinski definition) is 1.